The highest BCUT2D eigenvalue weighted by Gasteiger charge is 1.89. The van der Waals surface area contributed by atoms with Gasteiger partial charge in [-0.1, -0.05) is 12.7 Å². The van der Waals surface area contributed by atoms with E-state index in [2.05, 4.69) is 38.5 Å². The van der Waals surface area contributed by atoms with E-state index in [0.717, 1.165) is 13.1 Å². The number of allylic oxidation sites excluding steroid dienone is 2. The lowest BCUT2D eigenvalue weighted by atomic mass is 10.3. The predicted octanol–water partition coefficient (Wildman–Crippen LogP) is 2.42. The first-order chi connectivity index (χ1) is 4.74. The van der Waals surface area contributed by atoms with Crippen LogP contribution in [-0.2, 0) is 0 Å². The average Bonchev–Trinajstić information content (AvgIpc) is 1.99. The molecule has 1 nitrogen and oxygen atoms in total. The Morgan fingerprint density at radius 2 is 1.90 bits per heavy atom. The highest BCUT2D eigenvalue weighted by Crippen LogP contribution is 1.96. The number of rotatable bonds is 4. The SMILES string of the molecule is C=C/C(C)=C/N(CC)CC. The maximum atomic E-state index is 3.69. The van der Waals surface area contributed by atoms with Crippen molar-refractivity contribution in [3.8, 4) is 0 Å². The third-order valence-corrected chi connectivity index (χ3v) is 1.52. The van der Waals surface area contributed by atoms with E-state index in [1.165, 1.54) is 5.57 Å². The van der Waals surface area contributed by atoms with E-state index in [0.29, 0.717) is 0 Å². The van der Waals surface area contributed by atoms with Crippen LogP contribution in [0.2, 0.25) is 0 Å². The van der Waals surface area contributed by atoms with Crippen LogP contribution in [0.3, 0.4) is 0 Å². The van der Waals surface area contributed by atoms with Crippen LogP contribution in [0.4, 0.5) is 0 Å². The van der Waals surface area contributed by atoms with Crippen LogP contribution >= 0.6 is 0 Å². The van der Waals surface area contributed by atoms with Gasteiger partial charge in [-0.25, -0.2) is 0 Å². The van der Waals surface area contributed by atoms with E-state index in [1.54, 1.807) is 0 Å². The van der Waals surface area contributed by atoms with Gasteiger partial charge in [-0.05, 0) is 26.3 Å². The fourth-order valence-corrected chi connectivity index (χ4v) is 0.747. The van der Waals surface area contributed by atoms with Crippen molar-refractivity contribution in [2.24, 2.45) is 0 Å². The monoisotopic (exact) mass is 139 g/mol. The van der Waals surface area contributed by atoms with Crippen LogP contribution in [0.5, 0.6) is 0 Å². The van der Waals surface area contributed by atoms with E-state index in [4.69, 9.17) is 0 Å². The third kappa shape index (κ3) is 3.33. The molecule has 0 aromatic heterocycles. The van der Waals surface area contributed by atoms with Crippen molar-refractivity contribution >= 4 is 0 Å². The second-order valence-corrected chi connectivity index (χ2v) is 2.30. The highest BCUT2D eigenvalue weighted by atomic mass is 15.1. The van der Waals surface area contributed by atoms with Crippen LogP contribution in [-0.4, -0.2) is 18.0 Å². The van der Waals surface area contributed by atoms with Gasteiger partial charge in [0.15, 0.2) is 0 Å². The van der Waals surface area contributed by atoms with Gasteiger partial charge in [-0.2, -0.15) is 0 Å². The van der Waals surface area contributed by atoms with Crippen molar-refractivity contribution in [1.29, 1.82) is 0 Å². The molecule has 10 heavy (non-hydrogen) atoms. The smallest absolute Gasteiger partial charge is 0.0144 e. The quantitative estimate of drug-likeness (QED) is 0.541. The Kier molecular flexibility index (Phi) is 4.73. The van der Waals surface area contributed by atoms with Crippen molar-refractivity contribution < 1.29 is 0 Å². The molecule has 0 aliphatic carbocycles. The Hall–Kier alpha value is -0.720. The summed E-state index contributed by atoms with van der Waals surface area (Å²) < 4.78 is 0. The fraction of sp³-hybridized carbons (Fsp3) is 0.556. The Morgan fingerprint density at radius 1 is 1.40 bits per heavy atom. The van der Waals surface area contributed by atoms with Crippen LogP contribution < -0.4 is 0 Å². The molecule has 0 atom stereocenters. The normalized spacial score (nSPS) is 11.3. The largest absolute Gasteiger partial charge is 0.378 e. The lowest BCUT2D eigenvalue weighted by molar-refractivity contribution is 0.416. The first-order valence-corrected chi connectivity index (χ1v) is 3.79. The third-order valence-electron chi connectivity index (χ3n) is 1.52. The van der Waals surface area contributed by atoms with Crippen LogP contribution in [0, 0.1) is 0 Å². The molecule has 0 aliphatic rings. The highest BCUT2D eigenvalue weighted by molar-refractivity contribution is 5.11. The molecule has 0 unspecified atom stereocenters. The summed E-state index contributed by atoms with van der Waals surface area (Å²) in [5.41, 5.74) is 1.23. The zero-order valence-corrected chi connectivity index (χ0v) is 7.22. The molecule has 0 amide bonds. The maximum Gasteiger partial charge on any atom is 0.0144 e. The molecule has 0 radical (unpaired) electrons. The summed E-state index contributed by atoms with van der Waals surface area (Å²) in [5.74, 6) is 0. The van der Waals surface area contributed by atoms with Gasteiger partial charge < -0.3 is 4.90 Å². The van der Waals surface area contributed by atoms with E-state index >= 15 is 0 Å². The first kappa shape index (κ1) is 9.28. The second kappa shape index (κ2) is 5.10. The van der Waals surface area contributed by atoms with Gasteiger partial charge in [-0.15, -0.1) is 0 Å². The Labute approximate surface area is 64.0 Å². The summed E-state index contributed by atoms with van der Waals surface area (Å²) in [6.45, 7) is 12.2. The summed E-state index contributed by atoms with van der Waals surface area (Å²) in [5, 5.41) is 0. The molecule has 0 aliphatic heterocycles. The summed E-state index contributed by atoms with van der Waals surface area (Å²) in [6.07, 6.45) is 4.01. The standard InChI is InChI=1S/C9H17N/c1-5-9(4)8-10(6-2)7-3/h5,8H,1,6-7H2,2-4H3/b9-8+. The van der Waals surface area contributed by atoms with E-state index in [9.17, 15) is 0 Å². The minimum atomic E-state index is 1.07. The second-order valence-electron chi connectivity index (χ2n) is 2.30. The van der Waals surface area contributed by atoms with Gasteiger partial charge in [0.05, 0.1) is 0 Å². The van der Waals surface area contributed by atoms with Crippen LogP contribution in [0.1, 0.15) is 20.8 Å². The first-order valence-electron chi connectivity index (χ1n) is 3.79. The minimum Gasteiger partial charge on any atom is -0.378 e. The molecular weight excluding hydrogens is 122 g/mol. The van der Waals surface area contributed by atoms with E-state index in [-0.39, 0.29) is 0 Å². The molecule has 0 spiro atoms. The molecule has 0 saturated carbocycles. The van der Waals surface area contributed by atoms with Crippen LogP contribution in [0.15, 0.2) is 24.4 Å². The van der Waals surface area contributed by atoms with Crippen molar-refractivity contribution in [3.63, 3.8) is 0 Å². The molecule has 0 aromatic carbocycles. The van der Waals surface area contributed by atoms with E-state index in [1.807, 2.05) is 6.08 Å². The van der Waals surface area contributed by atoms with Crippen molar-refractivity contribution in [3.05, 3.63) is 24.4 Å². The summed E-state index contributed by atoms with van der Waals surface area (Å²) in [6, 6.07) is 0. The number of hydrogen-bond acceptors (Lipinski definition) is 1. The molecule has 0 bridgehead atoms. The van der Waals surface area contributed by atoms with Gasteiger partial charge in [0.25, 0.3) is 0 Å². The number of hydrogen-bond donors (Lipinski definition) is 0. The molecule has 0 aromatic rings. The molecule has 1 heteroatoms. The zero-order chi connectivity index (χ0) is 7.98. The molecule has 0 rings (SSSR count). The van der Waals surface area contributed by atoms with Gasteiger partial charge in [0.2, 0.25) is 0 Å². The van der Waals surface area contributed by atoms with Gasteiger partial charge in [0.1, 0.15) is 0 Å². The van der Waals surface area contributed by atoms with Crippen molar-refractivity contribution in [2.45, 2.75) is 20.8 Å². The van der Waals surface area contributed by atoms with Crippen molar-refractivity contribution in [1.82, 2.24) is 4.90 Å². The van der Waals surface area contributed by atoms with Gasteiger partial charge >= 0.3 is 0 Å². The van der Waals surface area contributed by atoms with Gasteiger partial charge in [-0.3, -0.25) is 0 Å². The number of nitrogens with zero attached hydrogens (tertiary/aromatic N) is 1. The summed E-state index contributed by atoms with van der Waals surface area (Å²) in [4.78, 5) is 2.25. The predicted molar refractivity (Wildman–Crippen MR) is 46.9 cm³/mol. The average molecular weight is 139 g/mol. The Bertz CT molecular complexity index is 121. The van der Waals surface area contributed by atoms with Gasteiger partial charge in [0, 0.05) is 19.3 Å². The maximum absolute atomic E-state index is 3.69. The summed E-state index contributed by atoms with van der Waals surface area (Å²) >= 11 is 0. The zero-order valence-electron chi connectivity index (χ0n) is 7.22. The molecule has 0 fully saturated rings. The fourth-order valence-electron chi connectivity index (χ4n) is 0.747. The Balaban J connectivity index is 3.92. The molecule has 0 heterocycles. The minimum absolute atomic E-state index is 1.07. The Morgan fingerprint density at radius 3 is 2.20 bits per heavy atom. The molecular formula is C9H17N. The molecule has 0 saturated heterocycles. The topological polar surface area (TPSA) is 3.24 Å². The van der Waals surface area contributed by atoms with Crippen LogP contribution in [0.25, 0.3) is 0 Å². The lowest BCUT2D eigenvalue weighted by Gasteiger charge is -2.15. The summed E-state index contributed by atoms with van der Waals surface area (Å²) in [7, 11) is 0. The molecule has 0 N–H and O–H groups in total. The lowest BCUT2D eigenvalue weighted by Crippen LogP contribution is -2.15. The molecule has 58 valence electrons. The van der Waals surface area contributed by atoms with E-state index < -0.39 is 0 Å². The van der Waals surface area contributed by atoms with Crippen molar-refractivity contribution in [2.75, 3.05) is 13.1 Å².